The molecular formula is C13H13AsClN3O. The molecule has 2 heterocycles. The SMILES string of the molecule is CC1CC1C(=O)Nc1cc2cc(Cl)nc([AsH2])c2cn1. The van der Waals surface area contributed by atoms with Gasteiger partial charge in [-0.1, -0.05) is 0 Å². The Morgan fingerprint density at radius 3 is 2.95 bits per heavy atom. The van der Waals surface area contributed by atoms with Gasteiger partial charge in [0.25, 0.3) is 0 Å². The van der Waals surface area contributed by atoms with Crippen molar-refractivity contribution in [3.05, 3.63) is 23.5 Å². The van der Waals surface area contributed by atoms with Gasteiger partial charge in [-0.2, -0.15) is 0 Å². The Balaban J connectivity index is 1.91. The Bertz CT molecular complexity index is 676. The average molecular weight is 338 g/mol. The molecule has 0 radical (unpaired) electrons. The molecule has 4 nitrogen and oxygen atoms in total. The summed E-state index contributed by atoms with van der Waals surface area (Å²) >= 11 is 7.36. The van der Waals surface area contributed by atoms with Gasteiger partial charge in [0.15, 0.2) is 0 Å². The van der Waals surface area contributed by atoms with Crippen LogP contribution in [0.1, 0.15) is 13.3 Å². The van der Waals surface area contributed by atoms with E-state index in [0.29, 0.717) is 16.9 Å². The molecule has 0 spiro atoms. The summed E-state index contributed by atoms with van der Waals surface area (Å²) in [6.07, 6.45) is 2.71. The first kappa shape index (κ1) is 12.9. The molecule has 1 saturated carbocycles. The molecule has 6 heteroatoms. The Labute approximate surface area is 124 Å². The molecule has 1 aliphatic rings. The molecule has 3 atom stereocenters. The van der Waals surface area contributed by atoms with E-state index in [1.54, 1.807) is 12.3 Å². The second kappa shape index (κ2) is 4.77. The van der Waals surface area contributed by atoms with Crippen LogP contribution in [0.2, 0.25) is 5.15 Å². The number of halogens is 1. The van der Waals surface area contributed by atoms with Gasteiger partial charge in [-0.15, -0.1) is 0 Å². The van der Waals surface area contributed by atoms with Crippen molar-refractivity contribution in [2.75, 3.05) is 5.32 Å². The number of hydrogen-bond donors (Lipinski definition) is 1. The second-order valence-electron chi connectivity index (χ2n) is 4.93. The predicted octanol–water partition coefficient (Wildman–Crippen LogP) is 1.14. The van der Waals surface area contributed by atoms with E-state index >= 15 is 0 Å². The summed E-state index contributed by atoms with van der Waals surface area (Å²) in [5, 5.41) is 5.25. The van der Waals surface area contributed by atoms with Crippen LogP contribution in [-0.2, 0) is 4.79 Å². The van der Waals surface area contributed by atoms with Crippen LogP contribution >= 0.6 is 11.6 Å². The van der Waals surface area contributed by atoms with E-state index in [-0.39, 0.29) is 11.8 Å². The van der Waals surface area contributed by atoms with Crippen LogP contribution in [0.15, 0.2) is 18.3 Å². The average Bonchev–Trinajstić information content (AvgIpc) is 3.05. The molecule has 2 aromatic rings. The summed E-state index contributed by atoms with van der Waals surface area (Å²) in [5.74, 6) is 1.26. The molecule has 0 saturated heterocycles. The summed E-state index contributed by atoms with van der Waals surface area (Å²) in [6.45, 7) is 2.08. The van der Waals surface area contributed by atoms with Gasteiger partial charge in [0.1, 0.15) is 0 Å². The number of carbonyl (C=O) groups excluding carboxylic acids is 1. The Hall–Kier alpha value is -1.12. The van der Waals surface area contributed by atoms with Crippen LogP contribution in [-0.4, -0.2) is 32.7 Å². The Kier molecular flexibility index (Phi) is 3.23. The molecule has 2 aromatic heterocycles. The summed E-state index contributed by atoms with van der Waals surface area (Å²) in [7, 11) is 0. The minimum absolute atomic E-state index is 0.0560. The Morgan fingerprint density at radius 2 is 2.26 bits per heavy atom. The second-order valence-corrected chi connectivity index (χ2v) is 6.46. The maximum absolute atomic E-state index is 11.9. The third kappa shape index (κ3) is 2.60. The number of nitrogens with one attached hydrogen (secondary N) is 1. The fourth-order valence-corrected chi connectivity index (χ4v) is 3.29. The van der Waals surface area contributed by atoms with Gasteiger partial charge < -0.3 is 0 Å². The standard InChI is InChI=1S/C13H13AsClN3O/c1-6-2-8(6)13(19)18-11-4-7-3-10(15)17-12(14)9(7)5-16-11/h3-6,8H,2,14H2,1H3,(H,16,18,19). The molecule has 0 aliphatic heterocycles. The number of hydrogen-bond acceptors (Lipinski definition) is 3. The van der Waals surface area contributed by atoms with Crippen molar-refractivity contribution in [2.24, 2.45) is 11.8 Å². The first-order chi connectivity index (χ1) is 9.04. The minimum atomic E-state index is 0.0560. The third-order valence-electron chi connectivity index (χ3n) is 3.41. The van der Waals surface area contributed by atoms with E-state index in [2.05, 4.69) is 22.2 Å². The number of nitrogens with zero attached hydrogens (tertiary/aromatic N) is 2. The van der Waals surface area contributed by atoms with Gasteiger partial charge in [0, 0.05) is 0 Å². The van der Waals surface area contributed by atoms with Crippen molar-refractivity contribution >= 4 is 55.4 Å². The monoisotopic (exact) mass is 337 g/mol. The van der Waals surface area contributed by atoms with Gasteiger partial charge in [-0.05, 0) is 0 Å². The molecule has 19 heavy (non-hydrogen) atoms. The van der Waals surface area contributed by atoms with Crippen molar-refractivity contribution in [3.63, 3.8) is 0 Å². The zero-order chi connectivity index (χ0) is 13.6. The predicted molar refractivity (Wildman–Crippen MR) is 78.6 cm³/mol. The topological polar surface area (TPSA) is 54.9 Å². The number of rotatable bonds is 2. The number of aromatic nitrogens is 2. The van der Waals surface area contributed by atoms with Gasteiger partial charge >= 0.3 is 124 Å². The molecular weight excluding hydrogens is 325 g/mol. The van der Waals surface area contributed by atoms with Crippen LogP contribution < -0.4 is 9.80 Å². The summed E-state index contributed by atoms with van der Waals surface area (Å²) in [5.41, 5.74) is 0. The molecule has 98 valence electrons. The van der Waals surface area contributed by atoms with E-state index in [4.69, 9.17) is 11.6 Å². The fraction of sp³-hybridized carbons (Fsp3) is 0.308. The van der Waals surface area contributed by atoms with Crippen molar-refractivity contribution < 1.29 is 4.79 Å². The van der Waals surface area contributed by atoms with Crippen LogP contribution in [0.4, 0.5) is 5.82 Å². The van der Waals surface area contributed by atoms with Crippen molar-refractivity contribution in [2.45, 2.75) is 13.3 Å². The summed E-state index contributed by atoms with van der Waals surface area (Å²) in [6, 6.07) is 3.63. The molecule has 3 unspecified atom stereocenters. The number of carbonyl (C=O) groups is 1. The molecule has 1 aliphatic carbocycles. The van der Waals surface area contributed by atoms with E-state index < -0.39 is 0 Å². The number of fused-ring (bicyclic) bond motifs is 1. The first-order valence-electron chi connectivity index (χ1n) is 6.07. The number of pyridine rings is 2. The fourth-order valence-electron chi connectivity index (χ4n) is 2.11. The molecule has 1 N–H and O–H groups in total. The van der Waals surface area contributed by atoms with Gasteiger partial charge in [-0.3, -0.25) is 0 Å². The molecule has 1 amide bonds. The summed E-state index contributed by atoms with van der Waals surface area (Å²) < 4.78 is 0.899. The van der Waals surface area contributed by atoms with Crippen molar-refractivity contribution in [1.29, 1.82) is 0 Å². The van der Waals surface area contributed by atoms with Crippen LogP contribution in [0.25, 0.3) is 10.8 Å². The zero-order valence-corrected chi connectivity index (χ0v) is 13.5. The quantitative estimate of drug-likeness (QED) is 0.660. The van der Waals surface area contributed by atoms with E-state index in [9.17, 15) is 4.79 Å². The van der Waals surface area contributed by atoms with Gasteiger partial charge in [0.05, 0.1) is 0 Å². The van der Waals surface area contributed by atoms with Crippen molar-refractivity contribution in [1.82, 2.24) is 9.97 Å². The molecule has 1 fully saturated rings. The van der Waals surface area contributed by atoms with E-state index in [1.807, 2.05) is 6.07 Å². The van der Waals surface area contributed by atoms with Crippen molar-refractivity contribution in [3.8, 4) is 0 Å². The molecule has 0 aromatic carbocycles. The van der Waals surface area contributed by atoms with Gasteiger partial charge in [0.2, 0.25) is 0 Å². The van der Waals surface area contributed by atoms with Crippen LogP contribution in [0.5, 0.6) is 0 Å². The number of anilines is 1. The summed E-state index contributed by atoms with van der Waals surface area (Å²) in [4.78, 5) is 20.3. The normalized spacial score (nSPS) is 21.4. The zero-order valence-electron chi connectivity index (χ0n) is 10.4. The van der Waals surface area contributed by atoms with E-state index in [0.717, 1.165) is 21.7 Å². The van der Waals surface area contributed by atoms with E-state index in [1.165, 1.54) is 16.9 Å². The van der Waals surface area contributed by atoms with Crippen LogP contribution in [0, 0.1) is 11.8 Å². The molecule has 0 bridgehead atoms. The third-order valence-corrected chi connectivity index (χ3v) is 4.53. The first-order valence-corrected chi connectivity index (χ1v) is 7.66. The maximum atomic E-state index is 11.9. The number of amides is 1. The van der Waals surface area contributed by atoms with Crippen LogP contribution in [0.3, 0.4) is 0 Å². The molecule has 3 rings (SSSR count). The van der Waals surface area contributed by atoms with Gasteiger partial charge in [-0.25, -0.2) is 0 Å². The Morgan fingerprint density at radius 1 is 1.53 bits per heavy atom.